The lowest BCUT2D eigenvalue weighted by Gasteiger charge is -2.15. The van der Waals surface area contributed by atoms with Crippen molar-refractivity contribution in [3.8, 4) is 0 Å². The maximum atomic E-state index is 12.4. The summed E-state index contributed by atoms with van der Waals surface area (Å²) in [6, 6.07) is -0.835. The molecule has 1 rings (SSSR count). The van der Waals surface area contributed by atoms with E-state index < -0.39 is 35.4 Å². The van der Waals surface area contributed by atoms with Gasteiger partial charge in [0, 0.05) is 31.7 Å². The summed E-state index contributed by atoms with van der Waals surface area (Å²) < 4.78 is 0. The zero-order valence-corrected chi connectivity index (χ0v) is 23.8. The topological polar surface area (TPSA) is 208 Å². The number of hydrazine groups is 1. The molecule has 230 valence electrons. The lowest BCUT2D eigenvalue weighted by Crippen LogP contribution is -2.45. The summed E-state index contributed by atoms with van der Waals surface area (Å²) in [6.07, 6.45) is 14.7. The molecule has 2 amide bonds. The van der Waals surface area contributed by atoms with Crippen LogP contribution in [-0.2, 0) is 24.0 Å². The predicted molar refractivity (Wildman–Crippen MR) is 149 cm³/mol. The third-order valence-electron chi connectivity index (χ3n) is 7.57. The molecule has 8 N–H and O–H groups in total. The maximum Gasteiger partial charge on any atom is 0.329 e. The van der Waals surface area contributed by atoms with E-state index in [1.54, 1.807) is 0 Å². The highest BCUT2D eigenvalue weighted by molar-refractivity contribution is 5.91. The quantitative estimate of drug-likeness (QED) is 0.0459. The van der Waals surface area contributed by atoms with Crippen LogP contribution in [0.1, 0.15) is 122 Å². The standard InChI is InChI=1S/C28H50N4O8/c29-32-22(26(37)38)15-13-14-18-30-24(34)19-21-20-28(21,27(39)40)31-23(33)16-11-9-7-5-3-1-2-4-6-8-10-12-17-25(35)36/h21-22,32H,1-20,29H2,(H,30,34)(H,31,33)(H,35,36)(H,37,38)(H,39,40)/t21?,22-,28?/m0/s1. The Hall–Kier alpha value is -2.73. The molecule has 2 unspecified atom stereocenters. The molecule has 0 aromatic heterocycles. The van der Waals surface area contributed by atoms with Gasteiger partial charge in [0.1, 0.15) is 11.6 Å². The molecule has 40 heavy (non-hydrogen) atoms. The highest BCUT2D eigenvalue weighted by Gasteiger charge is 2.61. The highest BCUT2D eigenvalue weighted by atomic mass is 16.4. The summed E-state index contributed by atoms with van der Waals surface area (Å²) in [6.45, 7) is 0.352. The second kappa shape index (κ2) is 20.2. The van der Waals surface area contributed by atoms with Crippen LogP contribution < -0.4 is 21.9 Å². The van der Waals surface area contributed by atoms with Gasteiger partial charge < -0.3 is 26.0 Å². The summed E-state index contributed by atoms with van der Waals surface area (Å²) in [5.74, 6) is 1.27. The molecule has 3 atom stereocenters. The molecule has 0 spiro atoms. The van der Waals surface area contributed by atoms with Crippen LogP contribution >= 0.6 is 0 Å². The van der Waals surface area contributed by atoms with Gasteiger partial charge >= 0.3 is 17.9 Å². The van der Waals surface area contributed by atoms with Crippen LogP contribution in [0.2, 0.25) is 0 Å². The van der Waals surface area contributed by atoms with Crippen LogP contribution in [0.15, 0.2) is 0 Å². The summed E-state index contributed by atoms with van der Waals surface area (Å²) in [5, 5.41) is 32.6. The van der Waals surface area contributed by atoms with Gasteiger partial charge in [-0.3, -0.25) is 25.0 Å². The number of carboxylic acid groups (broad SMARTS) is 3. The SMILES string of the molecule is NN[C@@H](CCCCNC(=O)CC1CC1(NC(=O)CCCCCCCCCCCCCCC(=O)O)C(=O)O)C(=O)O. The molecule has 1 fully saturated rings. The largest absolute Gasteiger partial charge is 0.481 e. The summed E-state index contributed by atoms with van der Waals surface area (Å²) in [7, 11) is 0. The van der Waals surface area contributed by atoms with E-state index in [4.69, 9.17) is 16.1 Å². The van der Waals surface area contributed by atoms with Crippen LogP contribution in [-0.4, -0.2) is 63.2 Å². The number of carbonyl (C=O) groups excluding carboxylic acids is 2. The van der Waals surface area contributed by atoms with Gasteiger partial charge in [0.25, 0.3) is 0 Å². The molecular formula is C28H50N4O8. The number of amides is 2. The summed E-state index contributed by atoms with van der Waals surface area (Å²) in [5.41, 5.74) is 0.852. The lowest BCUT2D eigenvalue weighted by atomic mass is 10.0. The van der Waals surface area contributed by atoms with E-state index in [2.05, 4.69) is 16.1 Å². The Morgan fingerprint density at radius 2 is 1.25 bits per heavy atom. The molecule has 12 nitrogen and oxygen atoms in total. The number of nitrogens with two attached hydrogens (primary N) is 1. The number of carbonyl (C=O) groups is 5. The van der Waals surface area contributed by atoms with E-state index >= 15 is 0 Å². The van der Waals surface area contributed by atoms with E-state index in [1.807, 2.05) is 0 Å². The second-order valence-corrected chi connectivity index (χ2v) is 11.0. The van der Waals surface area contributed by atoms with Gasteiger partial charge in [-0.2, -0.15) is 0 Å². The first kappa shape index (κ1) is 35.3. The van der Waals surface area contributed by atoms with Crippen molar-refractivity contribution in [2.45, 2.75) is 134 Å². The van der Waals surface area contributed by atoms with Gasteiger partial charge in [-0.25, -0.2) is 10.2 Å². The summed E-state index contributed by atoms with van der Waals surface area (Å²) in [4.78, 5) is 57.8. The van der Waals surface area contributed by atoms with Crippen molar-refractivity contribution in [3.05, 3.63) is 0 Å². The molecule has 1 aliphatic carbocycles. The molecule has 0 heterocycles. The highest BCUT2D eigenvalue weighted by Crippen LogP contribution is 2.46. The van der Waals surface area contributed by atoms with E-state index in [9.17, 15) is 29.1 Å². The van der Waals surface area contributed by atoms with Gasteiger partial charge in [-0.05, 0) is 38.5 Å². The molecule has 0 bridgehead atoms. The average Bonchev–Trinajstić information content (AvgIpc) is 3.58. The molecular weight excluding hydrogens is 520 g/mol. The Balaban J connectivity index is 2.09. The van der Waals surface area contributed by atoms with Gasteiger partial charge in [0.05, 0.1) is 0 Å². The second-order valence-electron chi connectivity index (χ2n) is 11.0. The van der Waals surface area contributed by atoms with Gasteiger partial charge in [-0.1, -0.05) is 64.2 Å². The van der Waals surface area contributed by atoms with E-state index in [1.165, 1.54) is 19.3 Å². The lowest BCUT2D eigenvalue weighted by molar-refractivity contribution is -0.144. The fourth-order valence-corrected chi connectivity index (χ4v) is 4.96. The molecule has 0 aliphatic heterocycles. The van der Waals surface area contributed by atoms with Gasteiger partial charge in [-0.15, -0.1) is 0 Å². The first-order valence-corrected chi connectivity index (χ1v) is 14.8. The Morgan fingerprint density at radius 3 is 1.73 bits per heavy atom. The minimum absolute atomic E-state index is 0.0133. The molecule has 0 aromatic rings. The third kappa shape index (κ3) is 15.2. The molecule has 0 radical (unpaired) electrons. The zero-order chi connectivity index (χ0) is 29.8. The monoisotopic (exact) mass is 570 g/mol. The molecule has 0 saturated heterocycles. The van der Waals surface area contributed by atoms with E-state index in [0.717, 1.165) is 51.4 Å². The number of hydrogen-bond acceptors (Lipinski definition) is 7. The first-order chi connectivity index (χ1) is 19.1. The Bertz CT molecular complexity index is 809. The minimum atomic E-state index is -1.37. The molecule has 1 saturated carbocycles. The van der Waals surface area contributed by atoms with Crippen LogP contribution in [0.4, 0.5) is 0 Å². The van der Waals surface area contributed by atoms with Crippen molar-refractivity contribution in [2.24, 2.45) is 11.8 Å². The van der Waals surface area contributed by atoms with Gasteiger partial charge in [0.15, 0.2) is 0 Å². The smallest absolute Gasteiger partial charge is 0.329 e. The number of aliphatic carboxylic acids is 3. The average molecular weight is 571 g/mol. The molecule has 12 heteroatoms. The zero-order valence-electron chi connectivity index (χ0n) is 23.8. The van der Waals surface area contributed by atoms with Crippen molar-refractivity contribution >= 4 is 29.7 Å². The van der Waals surface area contributed by atoms with E-state index in [0.29, 0.717) is 32.2 Å². The Labute approximate surface area is 237 Å². The van der Waals surface area contributed by atoms with Crippen LogP contribution in [0.3, 0.4) is 0 Å². The van der Waals surface area contributed by atoms with Crippen molar-refractivity contribution in [1.82, 2.24) is 16.1 Å². The number of nitrogens with one attached hydrogen (secondary N) is 3. The van der Waals surface area contributed by atoms with E-state index in [-0.39, 0.29) is 37.5 Å². The fourth-order valence-electron chi connectivity index (χ4n) is 4.96. The normalized spacial score (nSPS) is 18.6. The van der Waals surface area contributed by atoms with Crippen molar-refractivity contribution in [2.75, 3.05) is 6.54 Å². The Kier molecular flexibility index (Phi) is 17.8. The molecule has 1 aliphatic rings. The predicted octanol–water partition coefficient (Wildman–Crippen LogP) is 3.08. The Morgan fingerprint density at radius 1 is 0.725 bits per heavy atom. The summed E-state index contributed by atoms with van der Waals surface area (Å²) >= 11 is 0. The van der Waals surface area contributed by atoms with Crippen molar-refractivity contribution < 1.29 is 39.3 Å². The minimum Gasteiger partial charge on any atom is -0.481 e. The van der Waals surface area contributed by atoms with Crippen molar-refractivity contribution in [1.29, 1.82) is 0 Å². The number of carboxylic acids is 3. The number of rotatable bonds is 26. The fraction of sp³-hybridized carbons (Fsp3) is 0.821. The first-order valence-electron chi connectivity index (χ1n) is 14.8. The third-order valence-corrected chi connectivity index (χ3v) is 7.57. The number of hydrogen-bond donors (Lipinski definition) is 7. The maximum absolute atomic E-state index is 12.4. The van der Waals surface area contributed by atoms with Crippen LogP contribution in [0.25, 0.3) is 0 Å². The van der Waals surface area contributed by atoms with Crippen LogP contribution in [0, 0.1) is 5.92 Å². The van der Waals surface area contributed by atoms with Crippen molar-refractivity contribution in [3.63, 3.8) is 0 Å². The number of unbranched alkanes of at least 4 members (excludes halogenated alkanes) is 12. The molecule has 0 aromatic carbocycles. The van der Waals surface area contributed by atoms with Crippen LogP contribution in [0.5, 0.6) is 0 Å². The van der Waals surface area contributed by atoms with Gasteiger partial charge in [0.2, 0.25) is 11.8 Å².